The molecule has 1 N–H and O–H groups in total. The third-order valence-corrected chi connectivity index (χ3v) is 4.25. The van der Waals surface area contributed by atoms with Gasteiger partial charge in [-0.05, 0) is 35.4 Å². The molecule has 130 valence electrons. The Labute approximate surface area is 144 Å². The van der Waals surface area contributed by atoms with Crippen LogP contribution in [0.2, 0.25) is 0 Å². The van der Waals surface area contributed by atoms with E-state index >= 15 is 0 Å². The van der Waals surface area contributed by atoms with Crippen LogP contribution in [-0.4, -0.2) is 23.3 Å². The van der Waals surface area contributed by atoms with Gasteiger partial charge in [-0.2, -0.15) is 0 Å². The lowest BCUT2D eigenvalue weighted by Gasteiger charge is -2.16. The summed E-state index contributed by atoms with van der Waals surface area (Å²) in [4.78, 5) is 26.0. The molecule has 0 radical (unpaired) electrons. The molecule has 25 heavy (non-hydrogen) atoms. The minimum Gasteiger partial charge on any atom is -0.352 e. The second-order valence-corrected chi connectivity index (χ2v) is 6.15. The summed E-state index contributed by atoms with van der Waals surface area (Å²) >= 11 is 0. The van der Waals surface area contributed by atoms with Gasteiger partial charge in [0.15, 0.2) is 0 Å². The summed E-state index contributed by atoms with van der Waals surface area (Å²) in [6.07, 6.45) is 0.163. The molecule has 6 heteroatoms. The fourth-order valence-corrected chi connectivity index (χ4v) is 2.85. The van der Waals surface area contributed by atoms with Gasteiger partial charge in [-0.3, -0.25) is 9.59 Å². The van der Waals surface area contributed by atoms with Crippen molar-refractivity contribution in [2.24, 2.45) is 5.92 Å². The van der Waals surface area contributed by atoms with Gasteiger partial charge in [-0.15, -0.1) is 0 Å². The van der Waals surface area contributed by atoms with Crippen LogP contribution in [0.15, 0.2) is 48.5 Å². The van der Waals surface area contributed by atoms with Crippen molar-refractivity contribution in [2.75, 3.05) is 6.54 Å². The highest BCUT2D eigenvalue weighted by atomic mass is 19.1. The number of benzene rings is 2. The molecule has 0 aliphatic carbocycles. The normalized spacial score (nSPS) is 17.0. The molecule has 1 saturated heterocycles. The zero-order valence-electron chi connectivity index (χ0n) is 13.5. The maximum absolute atomic E-state index is 12.9. The van der Waals surface area contributed by atoms with Crippen molar-refractivity contribution < 1.29 is 18.4 Å². The number of likely N-dealkylation sites (tertiary alicyclic amines) is 1. The predicted molar refractivity (Wildman–Crippen MR) is 88.2 cm³/mol. The molecule has 1 heterocycles. The van der Waals surface area contributed by atoms with Gasteiger partial charge in [0.2, 0.25) is 11.8 Å². The van der Waals surface area contributed by atoms with Gasteiger partial charge in [0.25, 0.3) is 0 Å². The highest BCUT2D eigenvalue weighted by molar-refractivity contribution is 5.89. The first kappa shape index (κ1) is 17.1. The van der Waals surface area contributed by atoms with Gasteiger partial charge in [0.05, 0.1) is 5.92 Å². The van der Waals surface area contributed by atoms with E-state index in [1.165, 1.54) is 24.3 Å². The summed E-state index contributed by atoms with van der Waals surface area (Å²) in [6.45, 7) is 0.994. The number of nitrogens with zero attached hydrogens (tertiary/aromatic N) is 1. The zero-order valence-corrected chi connectivity index (χ0v) is 13.5. The minimum atomic E-state index is -0.409. The third-order valence-electron chi connectivity index (χ3n) is 4.25. The zero-order chi connectivity index (χ0) is 17.8. The number of carbonyl (C=O) groups excluding carboxylic acids is 2. The maximum atomic E-state index is 12.9. The van der Waals surface area contributed by atoms with Crippen LogP contribution in [0, 0.1) is 17.6 Å². The predicted octanol–water partition coefficient (Wildman–Crippen LogP) is 2.63. The lowest BCUT2D eigenvalue weighted by atomic mass is 10.1. The van der Waals surface area contributed by atoms with Crippen LogP contribution in [-0.2, 0) is 22.7 Å². The molecule has 0 bridgehead atoms. The van der Waals surface area contributed by atoms with E-state index in [4.69, 9.17) is 0 Å². The van der Waals surface area contributed by atoms with Crippen LogP contribution < -0.4 is 5.32 Å². The monoisotopic (exact) mass is 344 g/mol. The Morgan fingerprint density at radius 3 is 2.16 bits per heavy atom. The number of nitrogens with one attached hydrogen (secondary N) is 1. The van der Waals surface area contributed by atoms with Crippen LogP contribution >= 0.6 is 0 Å². The van der Waals surface area contributed by atoms with Crippen LogP contribution in [0.5, 0.6) is 0 Å². The fourth-order valence-electron chi connectivity index (χ4n) is 2.85. The Balaban J connectivity index is 1.53. The van der Waals surface area contributed by atoms with E-state index in [1.807, 2.05) is 0 Å². The second kappa shape index (κ2) is 7.42. The molecule has 1 aliphatic heterocycles. The lowest BCUT2D eigenvalue weighted by Crippen LogP contribution is -2.32. The molecule has 0 spiro atoms. The standard InChI is InChI=1S/C19H18F2N2O2/c20-16-5-1-13(2-6-16)10-22-19(25)15-9-18(24)23(12-15)11-14-3-7-17(21)8-4-14/h1-8,15H,9-12H2,(H,22,25)/t15-/m0/s1. The molecule has 0 unspecified atom stereocenters. The molecule has 2 amide bonds. The van der Waals surface area contributed by atoms with Gasteiger partial charge in [-0.25, -0.2) is 8.78 Å². The highest BCUT2D eigenvalue weighted by Gasteiger charge is 2.34. The van der Waals surface area contributed by atoms with E-state index < -0.39 is 5.92 Å². The molecule has 4 nitrogen and oxygen atoms in total. The quantitative estimate of drug-likeness (QED) is 0.906. The van der Waals surface area contributed by atoms with Gasteiger partial charge in [0.1, 0.15) is 11.6 Å². The smallest absolute Gasteiger partial charge is 0.225 e. The van der Waals surface area contributed by atoms with Crippen molar-refractivity contribution in [1.82, 2.24) is 10.2 Å². The van der Waals surface area contributed by atoms with Crippen molar-refractivity contribution in [3.05, 3.63) is 71.3 Å². The van der Waals surface area contributed by atoms with Crippen molar-refractivity contribution in [2.45, 2.75) is 19.5 Å². The molecule has 2 aromatic carbocycles. The Morgan fingerprint density at radius 1 is 1.00 bits per heavy atom. The van der Waals surface area contributed by atoms with Crippen LogP contribution in [0.4, 0.5) is 8.78 Å². The average molecular weight is 344 g/mol. The number of amides is 2. The highest BCUT2D eigenvalue weighted by Crippen LogP contribution is 2.20. The van der Waals surface area contributed by atoms with Crippen LogP contribution in [0.1, 0.15) is 17.5 Å². The summed E-state index contributed by atoms with van der Waals surface area (Å²) in [7, 11) is 0. The summed E-state index contributed by atoms with van der Waals surface area (Å²) < 4.78 is 25.8. The Hall–Kier alpha value is -2.76. The van der Waals surface area contributed by atoms with Crippen LogP contribution in [0.3, 0.4) is 0 Å². The van der Waals surface area contributed by atoms with Crippen molar-refractivity contribution in [3.63, 3.8) is 0 Å². The number of carbonyl (C=O) groups is 2. The second-order valence-electron chi connectivity index (χ2n) is 6.15. The first-order valence-electron chi connectivity index (χ1n) is 8.05. The lowest BCUT2D eigenvalue weighted by molar-refractivity contribution is -0.129. The molecule has 0 saturated carbocycles. The molecule has 1 fully saturated rings. The molecular formula is C19H18F2N2O2. The fraction of sp³-hybridized carbons (Fsp3) is 0.263. The van der Waals surface area contributed by atoms with Crippen molar-refractivity contribution >= 4 is 11.8 Å². The molecule has 2 aromatic rings. The summed E-state index contributed by atoms with van der Waals surface area (Å²) in [5.41, 5.74) is 1.62. The largest absolute Gasteiger partial charge is 0.352 e. The van der Waals surface area contributed by atoms with E-state index in [2.05, 4.69) is 5.32 Å². The third kappa shape index (κ3) is 4.41. The topological polar surface area (TPSA) is 49.4 Å². The van der Waals surface area contributed by atoms with E-state index in [-0.39, 0.29) is 29.9 Å². The number of rotatable bonds is 5. The molecule has 1 aliphatic rings. The summed E-state index contributed by atoms with van der Waals surface area (Å²) in [5, 5.41) is 2.78. The average Bonchev–Trinajstić information content (AvgIpc) is 2.97. The van der Waals surface area contributed by atoms with Gasteiger partial charge < -0.3 is 10.2 Å². The summed E-state index contributed by atoms with van der Waals surface area (Å²) in [5.74, 6) is -1.35. The van der Waals surface area contributed by atoms with Crippen LogP contribution in [0.25, 0.3) is 0 Å². The molecule has 0 aromatic heterocycles. The van der Waals surface area contributed by atoms with E-state index in [0.29, 0.717) is 19.6 Å². The molecular weight excluding hydrogens is 326 g/mol. The Bertz CT molecular complexity index is 760. The summed E-state index contributed by atoms with van der Waals surface area (Å²) in [6, 6.07) is 11.9. The Morgan fingerprint density at radius 2 is 1.56 bits per heavy atom. The number of halogens is 2. The Kier molecular flexibility index (Phi) is 5.07. The maximum Gasteiger partial charge on any atom is 0.225 e. The van der Waals surface area contributed by atoms with Crippen molar-refractivity contribution in [3.8, 4) is 0 Å². The minimum absolute atomic E-state index is 0.0914. The van der Waals surface area contributed by atoms with Gasteiger partial charge >= 0.3 is 0 Å². The molecule has 1 atom stereocenters. The van der Waals surface area contributed by atoms with E-state index in [1.54, 1.807) is 29.2 Å². The number of hydrogen-bond donors (Lipinski definition) is 1. The van der Waals surface area contributed by atoms with Crippen molar-refractivity contribution in [1.29, 1.82) is 0 Å². The van der Waals surface area contributed by atoms with E-state index in [9.17, 15) is 18.4 Å². The SMILES string of the molecule is O=C(NCc1ccc(F)cc1)[C@H]1CC(=O)N(Cc2ccc(F)cc2)C1. The van der Waals surface area contributed by atoms with Gasteiger partial charge in [-0.1, -0.05) is 24.3 Å². The molecule has 3 rings (SSSR count). The first-order valence-corrected chi connectivity index (χ1v) is 8.05. The first-order chi connectivity index (χ1) is 12.0. The van der Waals surface area contributed by atoms with Gasteiger partial charge in [0, 0.05) is 26.1 Å². The van der Waals surface area contributed by atoms with E-state index in [0.717, 1.165) is 11.1 Å². The number of hydrogen-bond acceptors (Lipinski definition) is 2.